The number of nitrogens with one attached hydrogen (secondary N) is 3. The van der Waals surface area contributed by atoms with Crippen LogP contribution >= 0.6 is 23.2 Å². The highest BCUT2D eigenvalue weighted by molar-refractivity contribution is 6.39. The third-order valence-corrected chi connectivity index (χ3v) is 5.56. The SMILES string of the molecule is COc1cc(/C(C)=N/NC(=O)C(=O)Nc2ccc(NC(C)=O)cc2)ccc1OCc1ccc(Cl)cc1Cl. The molecule has 0 heterocycles. The second-order valence-electron chi connectivity index (χ2n) is 7.74. The van der Waals surface area contributed by atoms with Crippen molar-refractivity contribution in [2.75, 3.05) is 17.7 Å². The van der Waals surface area contributed by atoms with Crippen molar-refractivity contribution in [1.82, 2.24) is 5.43 Å². The van der Waals surface area contributed by atoms with Crippen LogP contribution in [-0.4, -0.2) is 30.5 Å². The van der Waals surface area contributed by atoms with Gasteiger partial charge in [-0.05, 0) is 61.5 Å². The van der Waals surface area contributed by atoms with Crippen LogP contribution in [0.25, 0.3) is 0 Å². The molecule has 3 aromatic carbocycles. The highest BCUT2D eigenvalue weighted by atomic mass is 35.5. The van der Waals surface area contributed by atoms with Crippen LogP contribution in [-0.2, 0) is 21.0 Å². The summed E-state index contributed by atoms with van der Waals surface area (Å²) in [5.41, 5.74) is 5.02. The standard InChI is InChI=1S/C26H24Cl2N4O5/c1-15(31-32-26(35)25(34)30-21-9-7-20(8-10-21)29-16(2)33)17-5-11-23(24(12-17)36-3)37-14-18-4-6-19(27)13-22(18)28/h4-13H,14H2,1-3H3,(H,29,33)(H,30,34)(H,32,35)/b31-15+. The van der Waals surface area contributed by atoms with Gasteiger partial charge in [0.2, 0.25) is 5.91 Å². The summed E-state index contributed by atoms with van der Waals surface area (Å²) in [5.74, 6) is -1.13. The maximum atomic E-state index is 12.2. The fourth-order valence-corrected chi connectivity index (χ4v) is 3.55. The molecule has 0 aliphatic carbocycles. The minimum Gasteiger partial charge on any atom is -0.493 e. The van der Waals surface area contributed by atoms with E-state index in [9.17, 15) is 14.4 Å². The zero-order chi connectivity index (χ0) is 26.9. The molecule has 37 heavy (non-hydrogen) atoms. The summed E-state index contributed by atoms with van der Waals surface area (Å²) in [7, 11) is 1.50. The largest absolute Gasteiger partial charge is 0.493 e. The molecule has 9 nitrogen and oxygen atoms in total. The molecule has 0 fully saturated rings. The third kappa shape index (κ3) is 7.96. The summed E-state index contributed by atoms with van der Waals surface area (Å²) in [6.07, 6.45) is 0. The quantitative estimate of drug-likeness (QED) is 0.210. The average Bonchev–Trinajstić information content (AvgIpc) is 2.87. The van der Waals surface area contributed by atoms with Gasteiger partial charge < -0.3 is 20.1 Å². The summed E-state index contributed by atoms with van der Waals surface area (Å²) >= 11 is 12.1. The second-order valence-corrected chi connectivity index (χ2v) is 8.58. The van der Waals surface area contributed by atoms with Crippen LogP contribution in [0.4, 0.5) is 11.4 Å². The highest BCUT2D eigenvalue weighted by Gasteiger charge is 2.14. The number of anilines is 2. The van der Waals surface area contributed by atoms with E-state index in [4.69, 9.17) is 32.7 Å². The normalized spacial score (nSPS) is 10.9. The number of ether oxygens (including phenoxy) is 2. The Hall–Kier alpha value is -4.08. The van der Waals surface area contributed by atoms with Crippen LogP contribution in [0.15, 0.2) is 65.8 Å². The Labute approximate surface area is 223 Å². The number of amides is 3. The lowest BCUT2D eigenvalue weighted by molar-refractivity contribution is -0.136. The molecule has 0 aliphatic heterocycles. The fraction of sp³-hybridized carbons (Fsp3) is 0.154. The highest BCUT2D eigenvalue weighted by Crippen LogP contribution is 2.30. The van der Waals surface area contributed by atoms with Crippen molar-refractivity contribution in [3.63, 3.8) is 0 Å². The number of benzene rings is 3. The number of carbonyl (C=O) groups excluding carboxylic acids is 3. The van der Waals surface area contributed by atoms with Gasteiger partial charge in [0.15, 0.2) is 11.5 Å². The Morgan fingerprint density at radius 3 is 2.14 bits per heavy atom. The first-order chi connectivity index (χ1) is 17.7. The summed E-state index contributed by atoms with van der Waals surface area (Å²) in [5, 5.41) is 10.1. The molecule has 0 atom stereocenters. The molecular formula is C26H24Cl2N4O5. The summed E-state index contributed by atoms with van der Waals surface area (Å²) in [6.45, 7) is 3.27. The maximum Gasteiger partial charge on any atom is 0.329 e. The lowest BCUT2D eigenvalue weighted by Crippen LogP contribution is -2.32. The van der Waals surface area contributed by atoms with Crippen LogP contribution in [0.3, 0.4) is 0 Å². The molecular weight excluding hydrogens is 519 g/mol. The van der Waals surface area contributed by atoms with Gasteiger partial charge in [-0.2, -0.15) is 5.10 Å². The molecule has 0 bridgehead atoms. The molecule has 0 aromatic heterocycles. The summed E-state index contributed by atoms with van der Waals surface area (Å²) in [6, 6.07) is 16.6. The molecule has 0 saturated heterocycles. The van der Waals surface area contributed by atoms with E-state index in [1.807, 2.05) is 0 Å². The Kier molecular flexibility index (Phi) is 9.48. The van der Waals surface area contributed by atoms with Crippen molar-refractivity contribution < 1.29 is 23.9 Å². The number of hydrogen-bond donors (Lipinski definition) is 3. The minimum atomic E-state index is -0.947. The zero-order valence-corrected chi connectivity index (χ0v) is 21.7. The van der Waals surface area contributed by atoms with Crippen LogP contribution in [0.2, 0.25) is 10.0 Å². The molecule has 3 rings (SSSR count). The molecule has 3 amide bonds. The Bertz CT molecular complexity index is 1340. The van der Waals surface area contributed by atoms with Gasteiger partial charge in [0.25, 0.3) is 0 Å². The predicted octanol–water partition coefficient (Wildman–Crippen LogP) is 5.02. The number of methoxy groups -OCH3 is 1. The Morgan fingerprint density at radius 2 is 1.51 bits per heavy atom. The molecule has 0 radical (unpaired) electrons. The predicted molar refractivity (Wildman–Crippen MR) is 144 cm³/mol. The second kappa shape index (κ2) is 12.8. The zero-order valence-electron chi connectivity index (χ0n) is 20.2. The fourth-order valence-electron chi connectivity index (χ4n) is 3.08. The van der Waals surface area contributed by atoms with Gasteiger partial charge in [0.05, 0.1) is 12.8 Å². The van der Waals surface area contributed by atoms with Crippen LogP contribution in [0.1, 0.15) is 25.0 Å². The van der Waals surface area contributed by atoms with Crippen molar-refractivity contribution in [1.29, 1.82) is 0 Å². The molecule has 0 spiro atoms. The first-order valence-corrected chi connectivity index (χ1v) is 11.7. The molecule has 3 N–H and O–H groups in total. The smallest absolute Gasteiger partial charge is 0.329 e. The van der Waals surface area contributed by atoms with Crippen LogP contribution < -0.4 is 25.5 Å². The van der Waals surface area contributed by atoms with Gasteiger partial charge in [-0.25, -0.2) is 5.43 Å². The van der Waals surface area contributed by atoms with Crippen LogP contribution in [0.5, 0.6) is 11.5 Å². The number of nitrogens with zero attached hydrogens (tertiary/aromatic N) is 1. The maximum absolute atomic E-state index is 12.2. The van der Waals surface area contributed by atoms with Gasteiger partial charge in [0.1, 0.15) is 6.61 Å². The number of rotatable bonds is 8. The molecule has 11 heteroatoms. The van der Waals surface area contributed by atoms with E-state index >= 15 is 0 Å². The van der Waals surface area contributed by atoms with Gasteiger partial charge in [-0.3, -0.25) is 14.4 Å². The van der Waals surface area contributed by atoms with E-state index < -0.39 is 11.8 Å². The molecule has 0 unspecified atom stereocenters. The lowest BCUT2D eigenvalue weighted by atomic mass is 10.1. The topological polar surface area (TPSA) is 118 Å². The molecule has 3 aromatic rings. The Balaban J connectivity index is 1.60. The number of hydrogen-bond acceptors (Lipinski definition) is 6. The minimum absolute atomic E-state index is 0.208. The van der Waals surface area contributed by atoms with Crippen molar-refractivity contribution >= 4 is 58.0 Å². The average molecular weight is 543 g/mol. The van der Waals surface area contributed by atoms with Crippen LogP contribution in [0, 0.1) is 0 Å². The van der Waals surface area contributed by atoms with E-state index in [2.05, 4.69) is 21.2 Å². The van der Waals surface area contributed by atoms with Gasteiger partial charge in [0, 0.05) is 39.5 Å². The van der Waals surface area contributed by atoms with E-state index in [1.54, 1.807) is 67.6 Å². The third-order valence-electron chi connectivity index (χ3n) is 4.97. The Morgan fingerprint density at radius 1 is 0.838 bits per heavy atom. The summed E-state index contributed by atoms with van der Waals surface area (Å²) in [4.78, 5) is 35.5. The van der Waals surface area contributed by atoms with E-state index in [0.717, 1.165) is 5.56 Å². The molecule has 192 valence electrons. The number of halogens is 2. The van der Waals surface area contributed by atoms with E-state index in [1.165, 1.54) is 14.0 Å². The monoisotopic (exact) mass is 542 g/mol. The van der Waals surface area contributed by atoms with Crippen molar-refractivity contribution in [3.05, 3.63) is 81.8 Å². The van der Waals surface area contributed by atoms with Crippen molar-refractivity contribution in [3.8, 4) is 11.5 Å². The van der Waals surface area contributed by atoms with E-state index in [0.29, 0.717) is 44.2 Å². The first kappa shape index (κ1) is 27.5. The van der Waals surface area contributed by atoms with Gasteiger partial charge in [-0.1, -0.05) is 29.3 Å². The van der Waals surface area contributed by atoms with Gasteiger partial charge in [-0.15, -0.1) is 0 Å². The lowest BCUT2D eigenvalue weighted by Gasteiger charge is -2.13. The van der Waals surface area contributed by atoms with E-state index in [-0.39, 0.29) is 12.5 Å². The number of hydrazone groups is 1. The van der Waals surface area contributed by atoms with Crippen molar-refractivity contribution in [2.24, 2.45) is 5.10 Å². The number of carbonyl (C=O) groups is 3. The summed E-state index contributed by atoms with van der Waals surface area (Å²) < 4.78 is 11.3. The van der Waals surface area contributed by atoms with Gasteiger partial charge >= 0.3 is 11.8 Å². The molecule has 0 aliphatic rings. The first-order valence-electron chi connectivity index (χ1n) is 10.9. The van der Waals surface area contributed by atoms with Crippen molar-refractivity contribution in [2.45, 2.75) is 20.5 Å². The molecule has 0 saturated carbocycles.